The molecule has 4 nitrogen and oxygen atoms in total. The summed E-state index contributed by atoms with van der Waals surface area (Å²) in [7, 11) is 0. The molecule has 1 aliphatic rings. The van der Waals surface area contributed by atoms with Crippen molar-refractivity contribution in [3.05, 3.63) is 40.4 Å². The first-order valence-electron chi connectivity index (χ1n) is 7.09. The summed E-state index contributed by atoms with van der Waals surface area (Å²) in [6.45, 7) is 5.82. The Morgan fingerprint density at radius 1 is 1.24 bits per heavy atom. The predicted octanol–water partition coefficient (Wildman–Crippen LogP) is 3.14. The molecular formula is C15H19ClN4S. The van der Waals surface area contributed by atoms with Gasteiger partial charge in [-0.05, 0) is 24.6 Å². The van der Waals surface area contributed by atoms with Gasteiger partial charge in [0.25, 0.3) is 0 Å². The SMILES string of the molecule is CC(N)c1ccc(N2CCN(c3nccs3)CC2)c(Cl)c1. The van der Waals surface area contributed by atoms with E-state index in [9.17, 15) is 0 Å². The topological polar surface area (TPSA) is 45.4 Å². The smallest absolute Gasteiger partial charge is 0.185 e. The van der Waals surface area contributed by atoms with E-state index in [-0.39, 0.29) is 6.04 Å². The molecule has 6 heteroatoms. The highest BCUT2D eigenvalue weighted by Gasteiger charge is 2.20. The third kappa shape index (κ3) is 3.15. The van der Waals surface area contributed by atoms with E-state index in [1.807, 2.05) is 24.6 Å². The van der Waals surface area contributed by atoms with Gasteiger partial charge in [-0.3, -0.25) is 0 Å². The minimum atomic E-state index is 0.0123. The van der Waals surface area contributed by atoms with Gasteiger partial charge in [0.2, 0.25) is 0 Å². The van der Waals surface area contributed by atoms with Crippen LogP contribution < -0.4 is 15.5 Å². The number of aromatic nitrogens is 1. The molecule has 112 valence electrons. The maximum Gasteiger partial charge on any atom is 0.185 e. The lowest BCUT2D eigenvalue weighted by Crippen LogP contribution is -2.46. The maximum atomic E-state index is 6.42. The summed E-state index contributed by atoms with van der Waals surface area (Å²) >= 11 is 8.11. The highest BCUT2D eigenvalue weighted by atomic mass is 35.5. The Bertz CT molecular complexity index is 592. The number of nitrogens with zero attached hydrogens (tertiary/aromatic N) is 3. The van der Waals surface area contributed by atoms with E-state index in [0.717, 1.165) is 47.6 Å². The Balaban J connectivity index is 1.69. The molecule has 2 aromatic rings. The molecule has 1 fully saturated rings. The standard InChI is InChI=1S/C15H19ClN4S/c1-11(17)12-2-3-14(13(16)10-12)19-5-7-20(8-6-19)15-18-4-9-21-15/h2-4,9-11H,5-8,17H2,1H3. The minimum absolute atomic E-state index is 0.0123. The van der Waals surface area contributed by atoms with Crippen LogP contribution in [0.15, 0.2) is 29.8 Å². The van der Waals surface area contributed by atoms with Gasteiger partial charge < -0.3 is 15.5 Å². The van der Waals surface area contributed by atoms with E-state index in [1.165, 1.54) is 0 Å². The van der Waals surface area contributed by atoms with E-state index in [1.54, 1.807) is 11.3 Å². The highest BCUT2D eigenvalue weighted by Crippen LogP contribution is 2.30. The number of anilines is 2. The van der Waals surface area contributed by atoms with Crippen molar-refractivity contribution in [2.45, 2.75) is 13.0 Å². The molecule has 21 heavy (non-hydrogen) atoms. The van der Waals surface area contributed by atoms with Crippen molar-refractivity contribution in [2.24, 2.45) is 5.73 Å². The zero-order valence-electron chi connectivity index (χ0n) is 12.0. The van der Waals surface area contributed by atoms with Crippen LogP contribution in [0.1, 0.15) is 18.5 Å². The van der Waals surface area contributed by atoms with Gasteiger partial charge in [0.15, 0.2) is 5.13 Å². The number of hydrogen-bond acceptors (Lipinski definition) is 5. The molecule has 2 N–H and O–H groups in total. The van der Waals surface area contributed by atoms with Crippen LogP contribution in [0.4, 0.5) is 10.8 Å². The molecule has 0 amide bonds. The quantitative estimate of drug-likeness (QED) is 0.943. The lowest BCUT2D eigenvalue weighted by atomic mass is 10.1. The van der Waals surface area contributed by atoms with Crippen LogP contribution in [-0.2, 0) is 0 Å². The van der Waals surface area contributed by atoms with Gasteiger partial charge in [0.05, 0.1) is 10.7 Å². The molecule has 1 aromatic heterocycles. The molecule has 1 unspecified atom stereocenters. The van der Waals surface area contributed by atoms with Crippen molar-refractivity contribution in [3.63, 3.8) is 0 Å². The molecular weight excluding hydrogens is 304 g/mol. The Morgan fingerprint density at radius 2 is 1.95 bits per heavy atom. The molecule has 1 saturated heterocycles. The first kappa shape index (κ1) is 14.6. The molecule has 0 radical (unpaired) electrons. The van der Waals surface area contributed by atoms with Gasteiger partial charge in [-0.1, -0.05) is 17.7 Å². The second-order valence-corrected chi connectivity index (χ2v) is 6.57. The molecule has 2 heterocycles. The summed E-state index contributed by atoms with van der Waals surface area (Å²) in [5.41, 5.74) is 8.07. The summed E-state index contributed by atoms with van der Waals surface area (Å²) in [6.07, 6.45) is 1.86. The predicted molar refractivity (Wildman–Crippen MR) is 90.6 cm³/mol. The molecule has 3 rings (SSSR count). The summed E-state index contributed by atoms with van der Waals surface area (Å²) in [6, 6.07) is 6.15. The Labute approximate surface area is 134 Å². The lowest BCUT2D eigenvalue weighted by molar-refractivity contribution is 0.652. The number of halogens is 1. The fourth-order valence-corrected chi connectivity index (χ4v) is 3.58. The number of benzene rings is 1. The molecule has 0 aliphatic carbocycles. The number of thiazole rings is 1. The van der Waals surface area contributed by atoms with E-state index < -0.39 is 0 Å². The molecule has 0 saturated carbocycles. The molecule has 1 aromatic carbocycles. The van der Waals surface area contributed by atoms with E-state index in [4.69, 9.17) is 17.3 Å². The largest absolute Gasteiger partial charge is 0.367 e. The molecule has 1 aliphatic heterocycles. The van der Waals surface area contributed by atoms with E-state index in [2.05, 4.69) is 26.9 Å². The number of nitrogens with two attached hydrogens (primary N) is 1. The van der Waals surface area contributed by atoms with Crippen molar-refractivity contribution >= 4 is 33.8 Å². The molecule has 0 spiro atoms. The van der Waals surface area contributed by atoms with Gasteiger partial charge in [0.1, 0.15) is 0 Å². The first-order chi connectivity index (χ1) is 10.1. The Morgan fingerprint density at radius 3 is 2.52 bits per heavy atom. The maximum absolute atomic E-state index is 6.42. The number of hydrogen-bond donors (Lipinski definition) is 1. The third-order valence-electron chi connectivity index (χ3n) is 3.81. The summed E-state index contributed by atoms with van der Waals surface area (Å²) in [5, 5.41) is 3.91. The van der Waals surface area contributed by atoms with Crippen molar-refractivity contribution in [3.8, 4) is 0 Å². The van der Waals surface area contributed by atoms with Crippen LogP contribution >= 0.6 is 22.9 Å². The van der Waals surface area contributed by atoms with Crippen molar-refractivity contribution < 1.29 is 0 Å². The van der Waals surface area contributed by atoms with Crippen LogP contribution in [0.3, 0.4) is 0 Å². The third-order valence-corrected chi connectivity index (χ3v) is 4.94. The van der Waals surface area contributed by atoms with Gasteiger partial charge in [-0.15, -0.1) is 11.3 Å². The normalized spacial score (nSPS) is 17.1. The van der Waals surface area contributed by atoms with Crippen LogP contribution in [0.5, 0.6) is 0 Å². The van der Waals surface area contributed by atoms with Crippen molar-refractivity contribution in [2.75, 3.05) is 36.0 Å². The van der Waals surface area contributed by atoms with Gasteiger partial charge in [0, 0.05) is 43.8 Å². The first-order valence-corrected chi connectivity index (χ1v) is 8.35. The number of piperazine rings is 1. The van der Waals surface area contributed by atoms with Crippen LogP contribution in [-0.4, -0.2) is 31.2 Å². The Hall–Kier alpha value is -1.30. The fraction of sp³-hybridized carbons (Fsp3) is 0.400. The molecule has 0 bridgehead atoms. The monoisotopic (exact) mass is 322 g/mol. The van der Waals surface area contributed by atoms with Crippen molar-refractivity contribution in [1.29, 1.82) is 0 Å². The zero-order valence-corrected chi connectivity index (χ0v) is 13.6. The Kier molecular flexibility index (Phi) is 4.33. The zero-order chi connectivity index (χ0) is 14.8. The minimum Gasteiger partial charge on any atom is -0.367 e. The van der Waals surface area contributed by atoms with Gasteiger partial charge in [-0.2, -0.15) is 0 Å². The number of rotatable bonds is 3. The van der Waals surface area contributed by atoms with Crippen LogP contribution in [0.25, 0.3) is 0 Å². The van der Waals surface area contributed by atoms with E-state index in [0.29, 0.717) is 0 Å². The summed E-state index contributed by atoms with van der Waals surface area (Å²) in [4.78, 5) is 9.03. The van der Waals surface area contributed by atoms with Crippen molar-refractivity contribution in [1.82, 2.24) is 4.98 Å². The van der Waals surface area contributed by atoms with Gasteiger partial charge >= 0.3 is 0 Å². The molecule has 1 atom stereocenters. The average Bonchev–Trinajstić information content (AvgIpc) is 3.01. The summed E-state index contributed by atoms with van der Waals surface area (Å²) in [5.74, 6) is 0. The summed E-state index contributed by atoms with van der Waals surface area (Å²) < 4.78 is 0. The van der Waals surface area contributed by atoms with Crippen LogP contribution in [0, 0.1) is 0 Å². The highest BCUT2D eigenvalue weighted by molar-refractivity contribution is 7.13. The van der Waals surface area contributed by atoms with Gasteiger partial charge in [-0.25, -0.2) is 4.98 Å². The van der Waals surface area contributed by atoms with Crippen LogP contribution in [0.2, 0.25) is 5.02 Å². The fourth-order valence-electron chi connectivity index (χ4n) is 2.57. The lowest BCUT2D eigenvalue weighted by Gasteiger charge is -2.36. The average molecular weight is 323 g/mol. The second kappa shape index (κ2) is 6.22. The van der Waals surface area contributed by atoms with E-state index >= 15 is 0 Å². The second-order valence-electron chi connectivity index (χ2n) is 5.29.